The van der Waals surface area contributed by atoms with E-state index in [2.05, 4.69) is 5.32 Å². The molecule has 5 nitrogen and oxygen atoms in total. The number of fused-ring (bicyclic) bond motifs is 1. The molecule has 0 aliphatic carbocycles. The van der Waals surface area contributed by atoms with Crippen LogP contribution in [-0.4, -0.2) is 26.4 Å². The summed E-state index contributed by atoms with van der Waals surface area (Å²) in [6.45, 7) is 1.42. The van der Waals surface area contributed by atoms with E-state index < -0.39 is 32.8 Å². The molecule has 2 aromatic carbocycles. The first-order chi connectivity index (χ1) is 14.0. The Kier molecular flexibility index (Phi) is 4.84. The predicted octanol–water partition coefficient (Wildman–Crippen LogP) is 4.70. The van der Waals surface area contributed by atoms with Crippen LogP contribution in [0.25, 0.3) is 11.1 Å². The summed E-state index contributed by atoms with van der Waals surface area (Å²) in [4.78, 5) is 26.6. The summed E-state index contributed by atoms with van der Waals surface area (Å²) in [5.41, 5.74) is -1.01. The first-order valence-electron chi connectivity index (χ1n) is 8.79. The van der Waals surface area contributed by atoms with Crippen LogP contribution in [0.3, 0.4) is 0 Å². The molecule has 0 radical (unpaired) electrons. The molecule has 1 aliphatic heterocycles. The quantitative estimate of drug-likeness (QED) is 0.571. The first kappa shape index (κ1) is 20.7. The van der Waals surface area contributed by atoms with Crippen LogP contribution < -0.4 is 5.32 Å². The van der Waals surface area contributed by atoms with E-state index in [1.165, 1.54) is 49.4 Å². The molecular weight excluding hydrogens is 449 g/mol. The molecule has 30 heavy (non-hydrogen) atoms. The van der Waals surface area contributed by atoms with Crippen molar-refractivity contribution < 1.29 is 22.4 Å². The summed E-state index contributed by atoms with van der Waals surface area (Å²) in [6.07, 6.45) is 1.05. The van der Waals surface area contributed by atoms with Gasteiger partial charge in [-0.2, -0.15) is 0 Å². The predicted molar refractivity (Wildman–Crippen MR) is 115 cm³/mol. The van der Waals surface area contributed by atoms with Crippen molar-refractivity contribution in [2.45, 2.75) is 17.2 Å². The lowest BCUT2D eigenvalue weighted by molar-refractivity contribution is -0.119. The van der Waals surface area contributed by atoms with Crippen LogP contribution in [0.5, 0.6) is 0 Å². The second-order valence-electron chi connectivity index (χ2n) is 7.14. The number of ketones is 1. The minimum absolute atomic E-state index is 0.00898. The molecule has 154 valence electrons. The van der Waals surface area contributed by atoms with Gasteiger partial charge in [-0.1, -0.05) is 41.9 Å². The van der Waals surface area contributed by atoms with Gasteiger partial charge in [0, 0.05) is 17.4 Å². The van der Waals surface area contributed by atoms with Crippen molar-refractivity contribution in [3.8, 4) is 11.1 Å². The third-order valence-corrected chi connectivity index (χ3v) is 7.63. The molecule has 0 spiro atoms. The summed E-state index contributed by atoms with van der Waals surface area (Å²) in [5.74, 6) is -1.73. The molecule has 1 aliphatic rings. The Balaban J connectivity index is 1.95. The van der Waals surface area contributed by atoms with Crippen LogP contribution in [0.1, 0.15) is 22.8 Å². The van der Waals surface area contributed by atoms with E-state index in [9.17, 15) is 22.4 Å². The van der Waals surface area contributed by atoms with Gasteiger partial charge in [0.05, 0.1) is 10.5 Å². The van der Waals surface area contributed by atoms with Crippen molar-refractivity contribution in [2.24, 2.45) is 0 Å². The molecule has 1 amide bonds. The number of Topliss-reactive ketones (excluding diaryl/α,β-unsaturated/α-hetero) is 1. The number of benzene rings is 2. The number of hydrogen-bond acceptors (Lipinski definition) is 5. The topological polar surface area (TPSA) is 80.3 Å². The monoisotopic (exact) mass is 463 g/mol. The first-order valence-corrected chi connectivity index (χ1v) is 11.9. The number of amides is 1. The highest BCUT2D eigenvalue weighted by molar-refractivity contribution is 7.90. The van der Waals surface area contributed by atoms with Crippen LogP contribution in [-0.2, 0) is 20.0 Å². The average Bonchev–Trinajstić information content (AvgIpc) is 3.01. The molecule has 0 bridgehead atoms. The van der Waals surface area contributed by atoms with Gasteiger partial charge in [-0.3, -0.25) is 9.59 Å². The third-order valence-electron chi connectivity index (χ3n) is 5.21. The Hall–Kier alpha value is -2.55. The summed E-state index contributed by atoms with van der Waals surface area (Å²) in [7, 11) is -3.55. The summed E-state index contributed by atoms with van der Waals surface area (Å²) < 4.78 is 38.6. The minimum atomic E-state index is -3.55. The van der Waals surface area contributed by atoms with Crippen LogP contribution in [0.2, 0.25) is 4.34 Å². The van der Waals surface area contributed by atoms with E-state index in [1.54, 1.807) is 6.07 Å². The zero-order valence-corrected chi connectivity index (χ0v) is 18.2. The normalized spacial score (nSPS) is 18.8. The number of sulfone groups is 1. The number of rotatable bonds is 3. The van der Waals surface area contributed by atoms with Gasteiger partial charge in [0.15, 0.2) is 15.6 Å². The smallest absolute Gasteiger partial charge is 0.243 e. The number of carbonyl (C=O) groups excluding carboxylic acids is 2. The summed E-state index contributed by atoms with van der Waals surface area (Å²) in [5, 5.41) is 2.93. The molecule has 0 saturated heterocycles. The van der Waals surface area contributed by atoms with Gasteiger partial charge in [-0.05, 0) is 30.7 Å². The molecule has 0 fully saturated rings. The van der Waals surface area contributed by atoms with E-state index in [4.69, 9.17) is 11.6 Å². The maximum Gasteiger partial charge on any atom is 0.243 e. The van der Waals surface area contributed by atoms with Crippen LogP contribution in [0.4, 0.5) is 9.39 Å². The van der Waals surface area contributed by atoms with Crippen molar-refractivity contribution in [1.29, 1.82) is 0 Å². The molecule has 4 rings (SSSR count). The number of anilines is 1. The molecule has 1 aromatic heterocycles. The van der Waals surface area contributed by atoms with Crippen molar-refractivity contribution in [3.63, 3.8) is 0 Å². The molecule has 2 heterocycles. The van der Waals surface area contributed by atoms with Crippen LogP contribution in [0, 0.1) is 5.82 Å². The van der Waals surface area contributed by atoms with Crippen molar-refractivity contribution in [1.82, 2.24) is 0 Å². The lowest BCUT2D eigenvalue weighted by atomic mass is 9.73. The molecular formula is C21H15ClFNO4S2. The third kappa shape index (κ3) is 3.07. The van der Waals surface area contributed by atoms with Crippen molar-refractivity contribution in [3.05, 3.63) is 69.8 Å². The largest absolute Gasteiger partial charge is 0.316 e. The Bertz CT molecular complexity index is 1330. The summed E-state index contributed by atoms with van der Waals surface area (Å²) >= 11 is 7.33. The second kappa shape index (κ2) is 7.01. The maximum absolute atomic E-state index is 14.5. The molecule has 9 heteroatoms. The van der Waals surface area contributed by atoms with Gasteiger partial charge in [0.2, 0.25) is 5.91 Å². The number of thiophene rings is 1. The second-order valence-corrected chi connectivity index (χ2v) is 10.8. The Morgan fingerprint density at radius 2 is 1.77 bits per heavy atom. The zero-order valence-electron chi connectivity index (χ0n) is 15.8. The van der Waals surface area contributed by atoms with Crippen molar-refractivity contribution >= 4 is 49.5 Å². The highest BCUT2D eigenvalue weighted by Gasteiger charge is 2.50. The fraction of sp³-hybridized carbons (Fsp3) is 0.143. The fourth-order valence-electron chi connectivity index (χ4n) is 3.49. The number of carbonyl (C=O) groups is 2. The number of halogens is 2. The molecule has 0 saturated carbocycles. The molecule has 1 unspecified atom stereocenters. The standard InChI is InChI=1S/C21H15ClFNO4S2/c1-21(11-6-5-7-12(10-11)30(2,27)28)17(25)16-15(13-8-3-4-9-14(13)23)18(22)29-19(16)24-20(21)26/h3-10H,1-2H3,(H,24,26). The Morgan fingerprint density at radius 3 is 2.43 bits per heavy atom. The van der Waals surface area contributed by atoms with E-state index >= 15 is 0 Å². The van der Waals surface area contributed by atoms with E-state index in [0.29, 0.717) is 0 Å². The van der Waals surface area contributed by atoms with Crippen LogP contribution >= 0.6 is 22.9 Å². The highest BCUT2D eigenvalue weighted by Crippen LogP contribution is 2.49. The summed E-state index contributed by atoms with van der Waals surface area (Å²) in [6, 6.07) is 11.6. The van der Waals surface area contributed by atoms with Gasteiger partial charge in [0.25, 0.3) is 0 Å². The van der Waals surface area contributed by atoms with Gasteiger partial charge >= 0.3 is 0 Å². The Morgan fingerprint density at radius 1 is 1.07 bits per heavy atom. The van der Waals surface area contributed by atoms with E-state index in [-0.39, 0.29) is 36.5 Å². The van der Waals surface area contributed by atoms with Gasteiger partial charge in [-0.15, -0.1) is 11.3 Å². The average molecular weight is 464 g/mol. The van der Waals surface area contributed by atoms with Gasteiger partial charge in [0.1, 0.15) is 20.6 Å². The maximum atomic E-state index is 14.5. The minimum Gasteiger partial charge on any atom is -0.316 e. The van der Waals surface area contributed by atoms with E-state index in [0.717, 1.165) is 17.6 Å². The van der Waals surface area contributed by atoms with Crippen molar-refractivity contribution in [2.75, 3.05) is 11.6 Å². The number of nitrogens with one attached hydrogen (secondary N) is 1. The Labute approximate surface area is 181 Å². The molecule has 1 atom stereocenters. The van der Waals surface area contributed by atoms with E-state index in [1.807, 2.05) is 0 Å². The van der Waals surface area contributed by atoms with Crippen LogP contribution in [0.15, 0.2) is 53.4 Å². The van der Waals surface area contributed by atoms with Gasteiger partial charge in [-0.25, -0.2) is 12.8 Å². The molecule has 1 N–H and O–H groups in total. The number of hydrogen-bond donors (Lipinski definition) is 1. The fourth-order valence-corrected chi connectivity index (χ4v) is 5.52. The zero-order chi connectivity index (χ0) is 21.8. The lowest BCUT2D eigenvalue weighted by Crippen LogP contribution is -2.48. The molecule has 3 aromatic rings. The SMILES string of the molecule is CC1(c2cccc(S(C)(=O)=O)c2)C(=O)Nc2sc(Cl)c(-c3ccccc3F)c2C1=O. The lowest BCUT2D eigenvalue weighted by Gasteiger charge is -2.32. The van der Waals surface area contributed by atoms with Gasteiger partial charge < -0.3 is 5.32 Å². The highest BCUT2D eigenvalue weighted by atomic mass is 35.5.